The van der Waals surface area contributed by atoms with Crippen LogP contribution in [0.15, 0.2) is 90.1 Å². The minimum atomic E-state index is -0.335. The van der Waals surface area contributed by atoms with E-state index in [1.165, 1.54) is 0 Å². The first kappa shape index (κ1) is 19.9. The Morgan fingerprint density at radius 1 is 1.03 bits per heavy atom. The quantitative estimate of drug-likeness (QED) is 0.452. The second kappa shape index (κ2) is 8.23. The van der Waals surface area contributed by atoms with Gasteiger partial charge in [-0.3, -0.25) is 9.36 Å². The van der Waals surface area contributed by atoms with Crippen molar-refractivity contribution >= 4 is 28.6 Å². The second-order valence-corrected chi connectivity index (χ2v) is 7.68. The summed E-state index contributed by atoms with van der Waals surface area (Å²) in [5.41, 5.74) is 5.00. The van der Waals surface area contributed by atoms with Gasteiger partial charge in [-0.25, -0.2) is 4.98 Å². The van der Waals surface area contributed by atoms with E-state index in [-0.39, 0.29) is 11.9 Å². The van der Waals surface area contributed by atoms with Gasteiger partial charge in [-0.05, 0) is 55.8 Å². The average molecular weight is 425 g/mol. The number of fused-ring (bicyclic) bond motifs is 3. The number of rotatable bonds is 5. The number of hydrogen-bond acceptors (Lipinski definition) is 4. The number of imidazole rings is 1. The van der Waals surface area contributed by atoms with E-state index in [1.54, 1.807) is 0 Å². The molecule has 1 aliphatic rings. The molecule has 6 heteroatoms. The van der Waals surface area contributed by atoms with Crippen LogP contribution in [0.3, 0.4) is 0 Å². The molecule has 0 saturated heterocycles. The smallest absolute Gasteiger partial charge is 0.255 e. The monoisotopic (exact) mass is 424 g/mol. The fraction of sp³-hybridized carbons (Fsp3) is 0.154. The first-order chi connectivity index (χ1) is 15.7. The predicted molar refractivity (Wildman–Crippen MR) is 127 cm³/mol. The van der Waals surface area contributed by atoms with E-state index in [0.29, 0.717) is 12.2 Å². The summed E-state index contributed by atoms with van der Waals surface area (Å²) in [4.78, 5) is 18.3. The molecule has 6 nitrogen and oxygen atoms in total. The highest BCUT2D eigenvalue weighted by atomic mass is 16.5. The Labute approximate surface area is 186 Å². The van der Waals surface area contributed by atoms with Gasteiger partial charge in [-0.15, -0.1) is 0 Å². The van der Waals surface area contributed by atoms with Crippen LogP contribution in [0.4, 0.5) is 11.6 Å². The maximum Gasteiger partial charge on any atom is 0.255 e. The lowest BCUT2D eigenvalue weighted by atomic mass is 9.94. The number of nitrogens with one attached hydrogen (secondary N) is 2. The minimum Gasteiger partial charge on any atom is -0.494 e. The molecule has 5 rings (SSSR count). The highest BCUT2D eigenvalue weighted by molar-refractivity contribution is 6.06. The number of ether oxygens (including phenoxy) is 1. The van der Waals surface area contributed by atoms with Crippen molar-refractivity contribution in [1.82, 2.24) is 9.55 Å². The van der Waals surface area contributed by atoms with Crippen molar-refractivity contribution < 1.29 is 9.53 Å². The Morgan fingerprint density at radius 2 is 1.75 bits per heavy atom. The Kier molecular flexibility index (Phi) is 5.11. The summed E-state index contributed by atoms with van der Waals surface area (Å²) in [5.74, 6) is 1.37. The van der Waals surface area contributed by atoms with Crippen LogP contribution in [0.2, 0.25) is 0 Å². The molecule has 3 aromatic carbocycles. The van der Waals surface area contributed by atoms with Gasteiger partial charge in [0.15, 0.2) is 0 Å². The second-order valence-electron chi connectivity index (χ2n) is 7.68. The summed E-state index contributed by atoms with van der Waals surface area (Å²) in [6.07, 6.45) is 0. The highest BCUT2D eigenvalue weighted by Gasteiger charge is 2.34. The van der Waals surface area contributed by atoms with E-state index in [0.717, 1.165) is 39.7 Å². The van der Waals surface area contributed by atoms with E-state index in [1.807, 2.05) is 92.7 Å². The van der Waals surface area contributed by atoms with E-state index in [2.05, 4.69) is 15.2 Å². The third-order valence-corrected chi connectivity index (χ3v) is 5.61. The lowest BCUT2D eigenvalue weighted by Gasteiger charge is -2.30. The summed E-state index contributed by atoms with van der Waals surface area (Å²) in [6, 6.07) is 25.1. The zero-order valence-corrected chi connectivity index (χ0v) is 18.0. The summed E-state index contributed by atoms with van der Waals surface area (Å²) >= 11 is 0. The number of carbonyl (C=O) groups excluding carboxylic acids is 1. The number of hydrogen-bond donors (Lipinski definition) is 2. The maximum atomic E-state index is 13.5. The van der Waals surface area contributed by atoms with E-state index < -0.39 is 0 Å². The number of carbonyl (C=O) groups is 1. The van der Waals surface area contributed by atoms with Gasteiger partial charge in [-0.1, -0.05) is 42.5 Å². The molecule has 1 unspecified atom stereocenters. The SMILES string of the molecule is CCOc1ccc(C2C(C(=O)Nc3ccccc3)=C(C)Nc3nc4ccccc4n32)cc1. The topological polar surface area (TPSA) is 68.2 Å². The first-order valence-corrected chi connectivity index (χ1v) is 10.7. The third-order valence-electron chi connectivity index (χ3n) is 5.61. The Hall–Kier alpha value is -4.06. The molecule has 0 aliphatic carbocycles. The molecule has 4 aromatic rings. The van der Waals surface area contributed by atoms with Gasteiger partial charge in [-0.2, -0.15) is 0 Å². The number of nitrogens with zero attached hydrogens (tertiary/aromatic N) is 2. The molecule has 1 amide bonds. The van der Waals surface area contributed by atoms with Gasteiger partial charge < -0.3 is 15.4 Å². The van der Waals surface area contributed by atoms with Gasteiger partial charge in [0, 0.05) is 11.4 Å². The number of para-hydroxylation sites is 3. The molecule has 160 valence electrons. The Bertz CT molecular complexity index is 1310. The predicted octanol–water partition coefficient (Wildman–Crippen LogP) is 5.36. The molecule has 0 fully saturated rings. The van der Waals surface area contributed by atoms with Crippen LogP contribution < -0.4 is 15.4 Å². The van der Waals surface area contributed by atoms with Gasteiger partial charge in [0.1, 0.15) is 5.75 Å². The lowest BCUT2D eigenvalue weighted by Crippen LogP contribution is -2.30. The summed E-state index contributed by atoms with van der Waals surface area (Å²) in [5, 5.41) is 6.39. The number of allylic oxidation sites excluding steroid dienone is 1. The van der Waals surface area contributed by atoms with Gasteiger partial charge in [0.05, 0.1) is 29.3 Å². The van der Waals surface area contributed by atoms with Crippen LogP contribution in [0.1, 0.15) is 25.5 Å². The van der Waals surface area contributed by atoms with Crippen molar-refractivity contribution in [3.05, 3.63) is 95.7 Å². The van der Waals surface area contributed by atoms with Crippen LogP contribution in [0.5, 0.6) is 5.75 Å². The van der Waals surface area contributed by atoms with Gasteiger partial charge in [0.2, 0.25) is 5.95 Å². The Balaban J connectivity index is 1.64. The zero-order chi connectivity index (χ0) is 22.1. The molecule has 1 aliphatic heterocycles. The summed E-state index contributed by atoms with van der Waals surface area (Å²) < 4.78 is 7.72. The molecule has 0 spiro atoms. The average Bonchev–Trinajstić information content (AvgIpc) is 3.17. The summed E-state index contributed by atoms with van der Waals surface area (Å²) in [7, 11) is 0. The molecule has 1 aromatic heterocycles. The molecule has 0 bridgehead atoms. The van der Waals surface area contributed by atoms with Crippen molar-refractivity contribution in [1.29, 1.82) is 0 Å². The van der Waals surface area contributed by atoms with Crippen LogP contribution in [-0.2, 0) is 4.79 Å². The summed E-state index contributed by atoms with van der Waals surface area (Å²) in [6.45, 7) is 4.49. The molecule has 2 heterocycles. The molecule has 0 saturated carbocycles. The fourth-order valence-corrected chi connectivity index (χ4v) is 4.21. The van der Waals surface area contributed by atoms with Crippen LogP contribution in [-0.4, -0.2) is 22.1 Å². The normalized spacial score (nSPS) is 15.2. The van der Waals surface area contributed by atoms with Crippen molar-refractivity contribution in [3.63, 3.8) is 0 Å². The highest BCUT2D eigenvalue weighted by Crippen LogP contribution is 2.39. The molecule has 32 heavy (non-hydrogen) atoms. The number of benzene rings is 3. The lowest BCUT2D eigenvalue weighted by molar-refractivity contribution is -0.113. The van der Waals surface area contributed by atoms with Crippen molar-refractivity contribution in [2.24, 2.45) is 0 Å². The number of anilines is 2. The van der Waals surface area contributed by atoms with E-state index >= 15 is 0 Å². The first-order valence-electron chi connectivity index (χ1n) is 10.7. The number of amides is 1. The Morgan fingerprint density at radius 3 is 2.50 bits per heavy atom. The van der Waals surface area contributed by atoms with E-state index in [4.69, 9.17) is 9.72 Å². The van der Waals surface area contributed by atoms with Crippen molar-refractivity contribution in [3.8, 4) is 5.75 Å². The number of aromatic nitrogens is 2. The van der Waals surface area contributed by atoms with Crippen LogP contribution in [0.25, 0.3) is 11.0 Å². The largest absolute Gasteiger partial charge is 0.494 e. The molecular formula is C26H24N4O2. The van der Waals surface area contributed by atoms with Gasteiger partial charge >= 0.3 is 0 Å². The van der Waals surface area contributed by atoms with Crippen LogP contribution in [0, 0.1) is 0 Å². The van der Waals surface area contributed by atoms with Crippen molar-refractivity contribution in [2.75, 3.05) is 17.2 Å². The molecular weight excluding hydrogens is 400 g/mol. The van der Waals surface area contributed by atoms with Crippen molar-refractivity contribution in [2.45, 2.75) is 19.9 Å². The standard InChI is InChI=1S/C26H24N4O2/c1-3-32-20-15-13-18(14-16-20)24-23(25(31)28-19-9-5-4-6-10-19)17(2)27-26-29-21-11-7-8-12-22(21)30(24)26/h4-16,24H,3H2,1-2H3,(H,27,29)(H,28,31). The molecule has 1 atom stereocenters. The molecule has 2 N–H and O–H groups in total. The van der Waals surface area contributed by atoms with Gasteiger partial charge in [0.25, 0.3) is 5.91 Å². The van der Waals surface area contributed by atoms with E-state index in [9.17, 15) is 4.79 Å². The third kappa shape index (κ3) is 3.50. The molecule has 0 radical (unpaired) electrons. The minimum absolute atomic E-state index is 0.150. The fourth-order valence-electron chi connectivity index (χ4n) is 4.21. The maximum absolute atomic E-state index is 13.5. The zero-order valence-electron chi connectivity index (χ0n) is 18.0. The van der Waals surface area contributed by atoms with Crippen LogP contribution >= 0.6 is 0 Å².